The number of carbonyl (C=O) groups excluding carboxylic acids is 1. The lowest BCUT2D eigenvalue weighted by atomic mass is 10.1. The van der Waals surface area contributed by atoms with E-state index in [0.717, 1.165) is 0 Å². The van der Waals surface area contributed by atoms with E-state index >= 15 is 0 Å². The van der Waals surface area contributed by atoms with Crippen molar-refractivity contribution in [2.75, 3.05) is 11.5 Å². The molecule has 1 aliphatic heterocycles. The van der Waals surface area contributed by atoms with Gasteiger partial charge in [-0.05, 0) is 51.1 Å². The molecule has 0 aromatic heterocycles. The van der Waals surface area contributed by atoms with Crippen molar-refractivity contribution in [3.63, 3.8) is 0 Å². The molecule has 2 aromatic carbocycles. The fourth-order valence-electron chi connectivity index (χ4n) is 3.32. The van der Waals surface area contributed by atoms with Gasteiger partial charge in [0.2, 0.25) is 0 Å². The van der Waals surface area contributed by atoms with E-state index in [9.17, 15) is 26.4 Å². The summed E-state index contributed by atoms with van der Waals surface area (Å²) in [4.78, 5) is 12.5. The number of rotatable bonds is 4. The van der Waals surface area contributed by atoms with Gasteiger partial charge in [0.05, 0.1) is 0 Å². The van der Waals surface area contributed by atoms with E-state index in [0.29, 0.717) is 28.5 Å². The van der Waals surface area contributed by atoms with Gasteiger partial charge in [0.1, 0.15) is 11.4 Å². The number of ether oxygens (including phenoxy) is 2. The second-order valence-electron chi connectivity index (χ2n) is 8.07. The summed E-state index contributed by atoms with van der Waals surface area (Å²) >= 11 is 0. The molecule has 1 fully saturated rings. The van der Waals surface area contributed by atoms with E-state index < -0.39 is 37.7 Å². The van der Waals surface area contributed by atoms with Crippen LogP contribution in [-0.2, 0) is 18.5 Å². The maximum absolute atomic E-state index is 13.1. The molecule has 6 nitrogen and oxygen atoms in total. The van der Waals surface area contributed by atoms with Crippen LogP contribution >= 0.6 is 10.3 Å². The molecule has 1 saturated heterocycles. The Kier molecular flexibility index (Phi) is 6.25. The predicted molar refractivity (Wildman–Crippen MR) is 112 cm³/mol. The van der Waals surface area contributed by atoms with Crippen LogP contribution in [0.3, 0.4) is 0 Å². The van der Waals surface area contributed by atoms with Gasteiger partial charge in [0.15, 0.2) is 0 Å². The van der Waals surface area contributed by atoms with Crippen molar-refractivity contribution in [2.45, 2.75) is 49.6 Å². The molecule has 0 unspecified atom stereocenters. The number of alkyl halides is 3. The maximum atomic E-state index is 13.1. The number of fused-ring (bicyclic) bond motifs is 1. The zero-order valence-corrected chi connectivity index (χ0v) is 18.8. The predicted octanol–water partition coefficient (Wildman–Crippen LogP) is 5.89. The van der Waals surface area contributed by atoms with Crippen LogP contribution in [0.15, 0.2) is 41.3 Å². The number of carbonyl (C=O) groups is 1. The van der Waals surface area contributed by atoms with Crippen molar-refractivity contribution in [2.24, 2.45) is 0 Å². The Morgan fingerprint density at radius 1 is 0.968 bits per heavy atom. The summed E-state index contributed by atoms with van der Waals surface area (Å²) in [5, 5.41) is 0.912. The highest BCUT2D eigenvalue weighted by molar-refractivity contribution is 8.33. The van der Waals surface area contributed by atoms with Crippen molar-refractivity contribution < 1.29 is 39.5 Å². The standard InChI is InChI=1S/C20H23F3O6S2/c1-19(2,3)28-18(24)27-16-10-11-17(15-9-5-4-8-14(15)16)30(12-6-7-13-30)29-31(25,26)20(21,22)23/h4-5,8-11H,6-7,12-13H2,1-3H3. The molecule has 0 radical (unpaired) electrons. The molecule has 0 saturated carbocycles. The minimum Gasteiger partial charge on any atom is -0.428 e. The SMILES string of the molecule is CC(C)(C)OC(=O)Oc1ccc(S2(OS(=O)(=O)C(F)(F)F)CCCC2)c2ccccc12. The summed E-state index contributed by atoms with van der Waals surface area (Å²) < 4.78 is 78.3. The van der Waals surface area contributed by atoms with Gasteiger partial charge in [-0.25, -0.2) is 8.42 Å². The molecule has 11 heteroatoms. The van der Waals surface area contributed by atoms with Crippen molar-refractivity contribution >= 4 is 37.4 Å². The van der Waals surface area contributed by atoms with Gasteiger partial charge in [-0.15, -0.1) is 0 Å². The lowest BCUT2D eigenvalue weighted by molar-refractivity contribution is -0.0496. The molecule has 1 heterocycles. The monoisotopic (exact) mass is 480 g/mol. The summed E-state index contributed by atoms with van der Waals surface area (Å²) in [6, 6.07) is 9.54. The zero-order chi connectivity index (χ0) is 23.1. The molecule has 31 heavy (non-hydrogen) atoms. The average Bonchev–Trinajstić information content (AvgIpc) is 3.08. The van der Waals surface area contributed by atoms with E-state index in [1.807, 2.05) is 0 Å². The molecule has 0 bridgehead atoms. The highest BCUT2D eigenvalue weighted by Gasteiger charge is 2.52. The van der Waals surface area contributed by atoms with Crippen molar-refractivity contribution in [1.82, 2.24) is 0 Å². The van der Waals surface area contributed by atoms with Gasteiger partial charge >= 0.3 is 21.8 Å². The first kappa shape index (κ1) is 23.7. The molecule has 0 aliphatic carbocycles. The molecule has 3 rings (SSSR count). The van der Waals surface area contributed by atoms with E-state index in [4.69, 9.17) is 13.1 Å². The highest BCUT2D eigenvalue weighted by Crippen LogP contribution is 2.65. The van der Waals surface area contributed by atoms with Crippen LogP contribution < -0.4 is 4.74 Å². The topological polar surface area (TPSA) is 78.9 Å². The van der Waals surface area contributed by atoms with Crippen molar-refractivity contribution in [3.8, 4) is 5.75 Å². The van der Waals surface area contributed by atoms with Gasteiger partial charge < -0.3 is 9.47 Å². The summed E-state index contributed by atoms with van der Waals surface area (Å²) in [5.74, 6) is 0.539. The summed E-state index contributed by atoms with van der Waals surface area (Å²) in [5.41, 5.74) is -6.28. The largest absolute Gasteiger partial charge is 0.523 e. The second-order valence-corrected chi connectivity index (χ2v) is 12.9. The zero-order valence-electron chi connectivity index (χ0n) is 17.2. The van der Waals surface area contributed by atoms with Gasteiger partial charge in [-0.3, -0.25) is 0 Å². The third-order valence-electron chi connectivity index (χ3n) is 4.53. The average molecular weight is 481 g/mol. The van der Waals surface area contributed by atoms with Crippen LogP contribution in [0.1, 0.15) is 33.6 Å². The molecular formula is C20H23F3O6S2. The number of benzene rings is 2. The number of halogens is 3. The van der Waals surface area contributed by atoms with Crippen LogP contribution in [-0.4, -0.2) is 37.2 Å². The fourth-order valence-corrected chi connectivity index (χ4v) is 8.72. The van der Waals surface area contributed by atoms with Gasteiger partial charge in [-0.2, -0.15) is 21.6 Å². The Bertz CT molecular complexity index is 1080. The maximum Gasteiger partial charge on any atom is 0.523 e. The Balaban J connectivity index is 2.07. The molecule has 172 valence electrons. The Morgan fingerprint density at radius 2 is 1.55 bits per heavy atom. The second kappa shape index (κ2) is 8.18. The summed E-state index contributed by atoms with van der Waals surface area (Å²) in [7, 11) is -8.54. The van der Waals surface area contributed by atoms with Crippen LogP contribution in [0.5, 0.6) is 5.75 Å². The Labute approximate surface area is 180 Å². The Hall–Kier alpha value is -1.98. The minimum absolute atomic E-state index is 0.153. The first-order valence-electron chi connectivity index (χ1n) is 9.48. The molecule has 0 atom stereocenters. The highest BCUT2D eigenvalue weighted by atomic mass is 32.3. The van der Waals surface area contributed by atoms with Crippen molar-refractivity contribution in [3.05, 3.63) is 36.4 Å². The van der Waals surface area contributed by atoms with E-state index in [-0.39, 0.29) is 17.3 Å². The van der Waals surface area contributed by atoms with E-state index in [1.54, 1.807) is 45.0 Å². The van der Waals surface area contributed by atoms with Gasteiger partial charge in [0, 0.05) is 21.8 Å². The first-order valence-corrected chi connectivity index (χ1v) is 12.8. The molecule has 0 amide bonds. The quantitative estimate of drug-likeness (QED) is 0.308. The molecule has 1 aliphatic rings. The lowest BCUT2D eigenvalue weighted by Gasteiger charge is -2.35. The van der Waals surface area contributed by atoms with Crippen LogP contribution in [0, 0.1) is 0 Å². The molecule has 0 spiro atoms. The number of hydrogen-bond acceptors (Lipinski definition) is 6. The fraction of sp³-hybridized carbons (Fsp3) is 0.450. The molecule has 2 aromatic rings. The third-order valence-corrected chi connectivity index (χ3v) is 9.91. The molecular weight excluding hydrogens is 457 g/mol. The summed E-state index contributed by atoms with van der Waals surface area (Å²) in [6.45, 7) is 5.04. The summed E-state index contributed by atoms with van der Waals surface area (Å²) in [6.07, 6.45) is 0.171. The van der Waals surface area contributed by atoms with Gasteiger partial charge in [0.25, 0.3) is 0 Å². The van der Waals surface area contributed by atoms with Crippen molar-refractivity contribution in [1.29, 1.82) is 0 Å². The third kappa shape index (κ3) is 5.09. The lowest BCUT2D eigenvalue weighted by Crippen LogP contribution is -2.28. The van der Waals surface area contributed by atoms with E-state index in [2.05, 4.69) is 0 Å². The Morgan fingerprint density at radius 3 is 2.10 bits per heavy atom. The smallest absolute Gasteiger partial charge is 0.428 e. The normalized spacial score (nSPS) is 18.0. The minimum atomic E-state index is -5.77. The first-order chi connectivity index (χ1) is 14.2. The van der Waals surface area contributed by atoms with E-state index in [1.165, 1.54) is 12.1 Å². The van der Waals surface area contributed by atoms with Crippen LogP contribution in [0.2, 0.25) is 0 Å². The van der Waals surface area contributed by atoms with Crippen LogP contribution in [0.25, 0.3) is 10.8 Å². The molecule has 0 N–H and O–H groups in total. The number of hydrogen-bond donors (Lipinski definition) is 0. The van der Waals surface area contributed by atoms with Gasteiger partial charge in [-0.1, -0.05) is 34.6 Å². The van der Waals surface area contributed by atoms with Crippen LogP contribution in [0.4, 0.5) is 18.0 Å².